The molecule has 6 rings (SSSR count). The Hall–Kier alpha value is -2.57. The van der Waals surface area contributed by atoms with Crippen LogP contribution in [0.1, 0.15) is 37.5 Å². The highest BCUT2D eigenvalue weighted by atomic mass is 79.9. The van der Waals surface area contributed by atoms with Crippen molar-refractivity contribution in [1.82, 2.24) is 10.0 Å². The van der Waals surface area contributed by atoms with Crippen molar-refractivity contribution in [3.8, 4) is 5.75 Å². The van der Waals surface area contributed by atoms with Crippen LogP contribution in [0.3, 0.4) is 0 Å². The zero-order valence-corrected chi connectivity index (χ0v) is 28.7. The third-order valence-electron chi connectivity index (χ3n) is 8.36. The summed E-state index contributed by atoms with van der Waals surface area (Å²) < 4.78 is 6.22. The lowest BCUT2D eigenvalue weighted by Gasteiger charge is -2.31. The van der Waals surface area contributed by atoms with Crippen molar-refractivity contribution in [2.24, 2.45) is 23.7 Å². The summed E-state index contributed by atoms with van der Waals surface area (Å²) in [6.45, 7) is -0.614. The molecule has 44 heavy (non-hydrogen) atoms. The number of carbonyl (C=O) groups excluding carboxylic acids is 5. The molecule has 1 aliphatic heterocycles. The van der Waals surface area contributed by atoms with Gasteiger partial charge in [0.15, 0.2) is 5.78 Å². The third kappa shape index (κ3) is 5.55. The van der Waals surface area contributed by atoms with Gasteiger partial charge in [-0.2, -0.15) is 5.01 Å². The summed E-state index contributed by atoms with van der Waals surface area (Å²) in [6.07, 6.45) is 0.709. The van der Waals surface area contributed by atoms with Gasteiger partial charge >= 0.3 is 5.97 Å². The van der Waals surface area contributed by atoms with Crippen molar-refractivity contribution in [2.75, 3.05) is 6.54 Å². The van der Waals surface area contributed by atoms with Crippen molar-refractivity contribution in [3.05, 3.63) is 97.9 Å². The molecule has 2 aliphatic carbocycles. The lowest BCUT2D eigenvalue weighted by Crippen LogP contribution is -2.52. The molecule has 0 unspecified atom stereocenters. The van der Waals surface area contributed by atoms with Gasteiger partial charge in [-0.15, -0.1) is 0 Å². The molecule has 3 aliphatic rings. The molecular formula is C31H21Br3Cl2N2O6. The number of ether oxygens (including phenoxy) is 1. The highest BCUT2D eigenvalue weighted by Gasteiger charge is 2.67. The number of hydrazine groups is 1. The Kier molecular flexibility index (Phi) is 8.80. The van der Waals surface area contributed by atoms with Crippen molar-refractivity contribution in [3.63, 3.8) is 0 Å². The van der Waals surface area contributed by atoms with Crippen LogP contribution in [0.15, 0.2) is 71.2 Å². The minimum atomic E-state index is -0.792. The van der Waals surface area contributed by atoms with Gasteiger partial charge in [-0.05, 0) is 85.0 Å². The molecule has 2 saturated carbocycles. The first-order chi connectivity index (χ1) is 21.0. The summed E-state index contributed by atoms with van der Waals surface area (Å²) in [5.74, 6) is -4.12. The number of halogens is 5. The number of nitrogens with zero attached hydrogens (tertiary/aromatic N) is 2. The van der Waals surface area contributed by atoms with Crippen molar-refractivity contribution < 1.29 is 28.7 Å². The second kappa shape index (κ2) is 12.3. The quantitative estimate of drug-likeness (QED) is 0.0838. The van der Waals surface area contributed by atoms with Crippen LogP contribution in [0.25, 0.3) is 0 Å². The van der Waals surface area contributed by atoms with Crippen LogP contribution >= 0.6 is 71.0 Å². The van der Waals surface area contributed by atoms with Crippen molar-refractivity contribution in [2.45, 2.75) is 16.1 Å². The van der Waals surface area contributed by atoms with E-state index in [0.29, 0.717) is 17.0 Å². The lowest BCUT2D eigenvalue weighted by molar-refractivity contribution is -0.154. The van der Waals surface area contributed by atoms with Gasteiger partial charge in [0.05, 0.1) is 28.0 Å². The summed E-state index contributed by atoms with van der Waals surface area (Å²) in [5.41, 5.74) is 0.504. The Morgan fingerprint density at radius 3 is 1.98 bits per heavy atom. The Morgan fingerprint density at radius 2 is 1.41 bits per heavy atom. The maximum Gasteiger partial charge on any atom is 0.343 e. The number of imide groups is 1. The predicted molar refractivity (Wildman–Crippen MR) is 173 cm³/mol. The highest BCUT2D eigenvalue weighted by molar-refractivity contribution is 9.12. The largest absolute Gasteiger partial charge is 0.423 e. The first-order valence-electron chi connectivity index (χ1n) is 13.5. The molecule has 0 radical (unpaired) electrons. The Morgan fingerprint density at radius 1 is 0.841 bits per heavy atom. The van der Waals surface area contributed by atoms with E-state index in [0.717, 1.165) is 14.5 Å². The van der Waals surface area contributed by atoms with Gasteiger partial charge in [0.25, 0.3) is 17.7 Å². The van der Waals surface area contributed by atoms with Crippen LogP contribution in [-0.2, 0) is 9.59 Å². The topological polar surface area (TPSA) is 101 Å². The molecule has 0 aromatic heterocycles. The molecule has 6 atom stereocenters. The molecule has 3 amide bonds. The fourth-order valence-corrected chi connectivity index (χ4v) is 8.92. The average molecular weight is 828 g/mol. The number of rotatable bonds is 7. The smallest absolute Gasteiger partial charge is 0.343 e. The fraction of sp³-hybridized carbons (Fsp3) is 0.258. The van der Waals surface area contributed by atoms with Gasteiger partial charge in [0, 0.05) is 24.7 Å². The van der Waals surface area contributed by atoms with Crippen LogP contribution in [0, 0.1) is 23.7 Å². The number of ketones is 1. The van der Waals surface area contributed by atoms with Crippen LogP contribution < -0.4 is 4.74 Å². The first kappa shape index (κ1) is 31.4. The molecule has 8 nitrogen and oxygen atoms in total. The van der Waals surface area contributed by atoms with E-state index in [9.17, 15) is 24.0 Å². The molecule has 1 heterocycles. The zero-order valence-electron chi connectivity index (χ0n) is 22.5. The molecule has 2 bridgehead atoms. The standard InChI is InChI=1S/C31H21Br3Cl2N2O6/c32-16-5-1-15(2-6-16)31(43)44-18-8-3-14(4-9-18)23(39)13-37(28(40)19-10-7-17(35)11-22(19)36)38-29(41)24-20-12-21(25(24)30(38)42)27(34)26(20)33/h1-11,20-21,24-27H,12-13H2/t20-,21-,24-,25-,26-,27+/m1/s1. The molecule has 226 valence electrons. The number of amides is 3. The van der Waals surface area contributed by atoms with E-state index in [1.54, 1.807) is 24.3 Å². The maximum atomic E-state index is 13.9. The van der Waals surface area contributed by atoms with Gasteiger partial charge in [-0.1, -0.05) is 71.0 Å². The molecular weight excluding hydrogens is 807 g/mol. The predicted octanol–water partition coefficient (Wildman–Crippen LogP) is 6.99. The van der Waals surface area contributed by atoms with Gasteiger partial charge in [-0.3, -0.25) is 19.2 Å². The summed E-state index contributed by atoms with van der Waals surface area (Å²) >= 11 is 23.0. The third-order valence-corrected chi connectivity index (χ3v) is 12.6. The van der Waals surface area contributed by atoms with E-state index in [2.05, 4.69) is 47.8 Å². The average Bonchev–Trinajstić information content (AvgIpc) is 3.61. The second-order valence-electron chi connectivity index (χ2n) is 10.8. The van der Waals surface area contributed by atoms with Gasteiger partial charge in [0.1, 0.15) is 12.3 Å². The van der Waals surface area contributed by atoms with Gasteiger partial charge in [-0.25, -0.2) is 9.80 Å². The lowest BCUT2D eigenvalue weighted by atomic mass is 9.81. The maximum absolute atomic E-state index is 13.9. The zero-order chi connectivity index (χ0) is 31.4. The normalized spacial score (nSPS) is 25.2. The Labute approximate surface area is 287 Å². The van der Waals surface area contributed by atoms with E-state index in [4.69, 9.17) is 27.9 Å². The SMILES string of the molecule is O=C(CN(C(=O)c1ccc(Cl)cc1Cl)N1C(=O)[C@@H]2[C@H]3C[C@@H]([C@@H](Br)[C@H]3Br)[C@H]2C1=O)c1ccc(OC(=O)c2ccc(Br)cc2)cc1. The van der Waals surface area contributed by atoms with E-state index < -0.39 is 47.9 Å². The molecule has 0 N–H and O–H groups in total. The van der Waals surface area contributed by atoms with E-state index in [-0.39, 0.29) is 43.4 Å². The summed E-state index contributed by atoms with van der Waals surface area (Å²) in [7, 11) is 0. The van der Waals surface area contributed by atoms with Crippen LogP contribution in [0.2, 0.25) is 10.0 Å². The number of hydrogen-bond acceptors (Lipinski definition) is 6. The number of benzene rings is 3. The summed E-state index contributed by atoms with van der Waals surface area (Å²) in [5, 5.41) is 2.02. The van der Waals surface area contributed by atoms with Crippen LogP contribution in [0.5, 0.6) is 5.75 Å². The van der Waals surface area contributed by atoms with Gasteiger partial charge in [0.2, 0.25) is 0 Å². The summed E-state index contributed by atoms with van der Waals surface area (Å²) in [6, 6.07) is 16.7. The Bertz CT molecular complexity index is 1670. The molecule has 13 heteroatoms. The highest BCUT2D eigenvalue weighted by Crippen LogP contribution is 2.60. The second-order valence-corrected chi connectivity index (χ2v) is 14.7. The van der Waals surface area contributed by atoms with Crippen molar-refractivity contribution in [1.29, 1.82) is 0 Å². The number of hydrogen-bond donors (Lipinski definition) is 0. The Balaban J connectivity index is 1.26. The molecule has 1 saturated heterocycles. The number of Topliss-reactive ketones (excluding diaryl/α,β-unsaturated/α-hetero) is 1. The fourth-order valence-electron chi connectivity index (χ4n) is 6.29. The van der Waals surface area contributed by atoms with E-state index in [1.807, 2.05) is 0 Å². The van der Waals surface area contributed by atoms with Crippen molar-refractivity contribution >= 4 is 100 Å². The molecule has 3 aromatic carbocycles. The molecule has 3 fully saturated rings. The monoisotopic (exact) mass is 824 g/mol. The number of alkyl halides is 2. The minimum Gasteiger partial charge on any atom is -0.423 e. The molecule has 0 spiro atoms. The number of esters is 1. The van der Waals surface area contributed by atoms with Crippen LogP contribution in [-0.4, -0.2) is 55.7 Å². The van der Waals surface area contributed by atoms with Gasteiger partial charge < -0.3 is 4.74 Å². The van der Waals surface area contributed by atoms with E-state index >= 15 is 0 Å². The van der Waals surface area contributed by atoms with E-state index in [1.165, 1.54) is 42.5 Å². The minimum absolute atomic E-state index is 0.00155. The first-order valence-corrected chi connectivity index (χ1v) is 16.9. The number of fused-ring (bicyclic) bond motifs is 5. The van der Waals surface area contributed by atoms with Crippen LogP contribution in [0.4, 0.5) is 0 Å². The summed E-state index contributed by atoms with van der Waals surface area (Å²) in [4.78, 5) is 67.6. The number of carbonyl (C=O) groups is 5. The molecule has 3 aromatic rings.